The summed E-state index contributed by atoms with van der Waals surface area (Å²) in [5.41, 5.74) is 1.80. The molecule has 3 rings (SSSR count). The first-order valence-electron chi connectivity index (χ1n) is 10.1. The van der Waals surface area contributed by atoms with Crippen molar-refractivity contribution in [3.63, 3.8) is 0 Å². The third kappa shape index (κ3) is 5.39. The summed E-state index contributed by atoms with van der Waals surface area (Å²) < 4.78 is 1.95. The van der Waals surface area contributed by atoms with E-state index in [9.17, 15) is 4.79 Å². The molecule has 0 spiro atoms. The molecule has 0 unspecified atom stereocenters. The van der Waals surface area contributed by atoms with E-state index in [1.807, 2.05) is 54.8 Å². The zero-order chi connectivity index (χ0) is 22.4. The lowest BCUT2D eigenvalue weighted by atomic mass is 10.0. The number of carbonyl (C=O) groups excluding carboxylic acids is 1. The van der Waals surface area contributed by atoms with Crippen LogP contribution in [0, 0.1) is 12.3 Å². The number of benzene rings is 2. The molecule has 2 aromatic carbocycles. The normalized spacial score (nSPS) is 11.1. The van der Waals surface area contributed by atoms with E-state index in [4.69, 9.17) is 18.0 Å². The van der Waals surface area contributed by atoms with Crippen LogP contribution in [0.1, 0.15) is 34.5 Å². The van der Waals surface area contributed by atoms with Crippen LogP contribution in [0.5, 0.6) is 0 Å². The van der Waals surface area contributed by atoms with Gasteiger partial charge in [0, 0.05) is 16.1 Å². The number of nitrogens with zero attached hydrogens (tertiary/aromatic N) is 5. The van der Waals surface area contributed by atoms with Crippen LogP contribution in [-0.2, 0) is 13.1 Å². The summed E-state index contributed by atoms with van der Waals surface area (Å²) in [6.45, 7) is 4.41. The molecule has 3 aromatic rings. The summed E-state index contributed by atoms with van der Waals surface area (Å²) in [5, 5.41) is 9.36. The van der Waals surface area contributed by atoms with Crippen molar-refractivity contribution in [3.05, 3.63) is 76.3 Å². The lowest BCUT2D eigenvalue weighted by Gasteiger charge is -2.20. The minimum absolute atomic E-state index is 0.107. The van der Waals surface area contributed by atoms with Crippen LogP contribution in [0.2, 0.25) is 5.02 Å². The molecule has 6 nitrogen and oxygen atoms in total. The van der Waals surface area contributed by atoms with Gasteiger partial charge >= 0.3 is 0 Å². The summed E-state index contributed by atoms with van der Waals surface area (Å²) >= 11 is 6.29. The second kappa shape index (κ2) is 10.4. The van der Waals surface area contributed by atoms with Crippen LogP contribution in [0.3, 0.4) is 0 Å². The third-order valence-corrected chi connectivity index (χ3v) is 5.10. The number of rotatable bonds is 9. The van der Waals surface area contributed by atoms with E-state index in [0.29, 0.717) is 41.5 Å². The quantitative estimate of drug-likeness (QED) is 0.379. The van der Waals surface area contributed by atoms with Gasteiger partial charge in [0.05, 0.1) is 25.3 Å². The van der Waals surface area contributed by atoms with Gasteiger partial charge in [0.25, 0.3) is 0 Å². The number of hydrogen-bond donors (Lipinski definition) is 0. The first-order chi connectivity index (χ1) is 14.9. The van der Waals surface area contributed by atoms with Gasteiger partial charge in [-0.05, 0) is 38.8 Å². The highest BCUT2D eigenvalue weighted by Gasteiger charge is 2.22. The fraction of sp³-hybridized carbons (Fsp3) is 0.292. The van der Waals surface area contributed by atoms with E-state index in [1.54, 1.807) is 24.3 Å². The van der Waals surface area contributed by atoms with Gasteiger partial charge in [0.1, 0.15) is 0 Å². The highest BCUT2D eigenvalue weighted by Crippen LogP contribution is 2.26. The second-order valence-corrected chi connectivity index (χ2v) is 7.91. The molecular weight excluding hydrogens is 410 g/mol. The first kappa shape index (κ1) is 22.7. The zero-order valence-electron chi connectivity index (χ0n) is 18.0. The molecule has 0 aliphatic carbocycles. The van der Waals surface area contributed by atoms with Crippen molar-refractivity contribution < 1.29 is 4.79 Å². The molecule has 0 amide bonds. The number of terminal acetylenes is 1. The summed E-state index contributed by atoms with van der Waals surface area (Å²) in [5.74, 6) is 4.04. The Morgan fingerprint density at radius 3 is 2.39 bits per heavy atom. The molecule has 160 valence electrons. The summed E-state index contributed by atoms with van der Waals surface area (Å²) in [4.78, 5) is 17.5. The molecule has 0 bridgehead atoms. The first-order valence-corrected chi connectivity index (χ1v) is 10.5. The molecule has 0 radical (unpaired) electrons. The Balaban J connectivity index is 2.16. The highest BCUT2D eigenvalue weighted by molar-refractivity contribution is 6.31. The monoisotopic (exact) mass is 435 g/mol. The maximum absolute atomic E-state index is 13.4. The van der Waals surface area contributed by atoms with Crippen molar-refractivity contribution in [1.29, 1.82) is 0 Å². The lowest BCUT2D eigenvalue weighted by Crippen LogP contribution is -2.26. The number of aromatic nitrogens is 3. The summed E-state index contributed by atoms with van der Waals surface area (Å²) in [7, 11) is 3.93. The van der Waals surface area contributed by atoms with Crippen LogP contribution in [-0.4, -0.2) is 57.5 Å². The van der Waals surface area contributed by atoms with Gasteiger partial charge in [-0.15, -0.1) is 16.6 Å². The van der Waals surface area contributed by atoms with Crippen LogP contribution in [0.25, 0.3) is 5.69 Å². The maximum atomic E-state index is 13.4. The maximum Gasteiger partial charge on any atom is 0.195 e. The topological polar surface area (TPSA) is 54.3 Å². The Morgan fingerprint density at radius 1 is 1.10 bits per heavy atom. The summed E-state index contributed by atoms with van der Waals surface area (Å²) in [6, 6.07) is 14.5. The van der Waals surface area contributed by atoms with Gasteiger partial charge in [-0.1, -0.05) is 54.8 Å². The zero-order valence-corrected chi connectivity index (χ0v) is 18.8. The SMILES string of the molecule is C#CCN(CC)Cc1nnc(CN(C)C)n1-c1ccc(Cl)cc1C(=O)c1ccccc1. The fourth-order valence-corrected chi connectivity index (χ4v) is 3.53. The molecule has 0 aliphatic rings. The van der Waals surface area contributed by atoms with Gasteiger partial charge in [-0.2, -0.15) is 0 Å². The third-order valence-electron chi connectivity index (χ3n) is 4.86. The molecule has 31 heavy (non-hydrogen) atoms. The smallest absolute Gasteiger partial charge is 0.195 e. The molecule has 1 aromatic heterocycles. The number of carbonyl (C=O) groups is 1. The van der Waals surface area contributed by atoms with Crippen molar-refractivity contribution in [3.8, 4) is 18.0 Å². The second-order valence-electron chi connectivity index (χ2n) is 7.47. The van der Waals surface area contributed by atoms with Crippen LogP contribution in [0.4, 0.5) is 0 Å². The number of ketones is 1. The Hall–Kier alpha value is -2.98. The summed E-state index contributed by atoms with van der Waals surface area (Å²) in [6.07, 6.45) is 5.52. The van der Waals surface area contributed by atoms with Crippen molar-refractivity contribution >= 4 is 17.4 Å². The average molecular weight is 436 g/mol. The van der Waals surface area contributed by atoms with Gasteiger partial charge in [0.15, 0.2) is 17.4 Å². The van der Waals surface area contributed by atoms with E-state index in [1.165, 1.54) is 0 Å². The lowest BCUT2D eigenvalue weighted by molar-refractivity contribution is 0.103. The standard InChI is InChI=1S/C24H26ClN5O/c1-5-14-29(6-2)17-23-27-26-22(16-28(3)4)30(23)21-13-12-19(25)15-20(21)24(31)18-10-8-7-9-11-18/h1,7-13,15H,6,14,16-17H2,2-4H3. The van der Waals surface area contributed by atoms with Crippen LogP contribution in [0.15, 0.2) is 48.5 Å². The van der Waals surface area contributed by atoms with Crippen molar-refractivity contribution in [2.24, 2.45) is 0 Å². The molecule has 0 aliphatic heterocycles. The number of hydrogen-bond acceptors (Lipinski definition) is 5. The van der Waals surface area contributed by atoms with Crippen LogP contribution < -0.4 is 0 Å². The van der Waals surface area contributed by atoms with Gasteiger partial charge in [0.2, 0.25) is 0 Å². The molecule has 7 heteroatoms. The average Bonchev–Trinajstić information content (AvgIpc) is 3.14. The predicted molar refractivity (Wildman–Crippen MR) is 123 cm³/mol. The van der Waals surface area contributed by atoms with E-state index in [2.05, 4.69) is 21.0 Å². The van der Waals surface area contributed by atoms with Crippen molar-refractivity contribution in [1.82, 2.24) is 24.6 Å². The Morgan fingerprint density at radius 2 is 1.77 bits per heavy atom. The van der Waals surface area contributed by atoms with Crippen molar-refractivity contribution in [2.45, 2.75) is 20.0 Å². The highest BCUT2D eigenvalue weighted by atomic mass is 35.5. The fourth-order valence-electron chi connectivity index (χ4n) is 3.36. The minimum Gasteiger partial charge on any atom is -0.302 e. The Labute approximate surface area is 188 Å². The molecule has 0 saturated heterocycles. The predicted octanol–water partition coefficient (Wildman–Crippen LogP) is 3.67. The van der Waals surface area contributed by atoms with E-state index in [0.717, 1.165) is 18.2 Å². The number of halogens is 1. The van der Waals surface area contributed by atoms with Gasteiger partial charge in [-0.25, -0.2) is 0 Å². The molecule has 1 heterocycles. The van der Waals surface area contributed by atoms with Gasteiger partial charge < -0.3 is 4.90 Å². The largest absolute Gasteiger partial charge is 0.302 e. The molecular formula is C24H26ClN5O. The van der Waals surface area contributed by atoms with Gasteiger partial charge in [-0.3, -0.25) is 14.3 Å². The van der Waals surface area contributed by atoms with Crippen molar-refractivity contribution in [2.75, 3.05) is 27.2 Å². The Kier molecular flexibility index (Phi) is 7.59. The molecule has 0 N–H and O–H groups in total. The molecule has 0 atom stereocenters. The van der Waals surface area contributed by atoms with E-state index < -0.39 is 0 Å². The Bertz CT molecular complexity index is 1090. The van der Waals surface area contributed by atoms with E-state index in [-0.39, 0.29) is 5.78 Å². The molecule has 0 fully saturated rings. The van der Waals surface area contributed by atoms with Crippen LogP contribution >= 0.6 is 11.6 Å². The minimum atomic E-state index is -0.107. The molecule has 0 saturated carbocycles. The van der Waals surface area contributed by atoms with E-state index >= 15 is 0 Å².